The molecule has 3 rings (SSSR count). The second-order valence-electron chi connectivity index (χ2n) is 8.10. The summed E-state index contributed by atoms with van der Waals surface area (Å²) in [6, 6.07) is 13.7. The number of benzene rings is 2. The van der Waals surface area contributed by atoms with E-state index >= 15 is 0 Å². The van der Waals surface area contributed by atoms with E-state index in [0.717, 1.165) is 30.8 Å². The van der Waals surface area contributed by atoms with Crippen molar-refractivity contribution in [2.45, 2.75) is 33.1 Å². The van der Waals surface area contributed by atoms with E-state index < -0.39 is 5.97 Å². The predicted molar refractivity (Wildman–Crippen MR) is 139 cm³/mol. The fourth-order valence-corrected chi connectivity index (χ4v) is 3.79. The molecule has 35 heavy (non-hydrogen) atoms. The Balaban J connectivity index is 0.000000303. The van der Waals surface area contributed by atoms with Crippen LogP contribution in [-0.2, 0) is 9.53 Å². The number of aliphatic imine (C=N–C) groups is 1. The van der Waals surface area contributed by atoms with E-state index in [4.69, 9.17) is 16.6 Å². The van der Waals surface area contributed by atoms with Crippen molar-refractivity contribution in [3.63, 3.8) is 0 Å². The highest BCUT2D eigenvalue weighted by molar-refractivity contribution is 6.30. The second-order valence-corrected chi connectivity index (χ2v) is 8.54. The molecule has 0 bridgehead atoms. The van der Waals surface area contributed by atoms with Crippen molar-refractivity contribution >= 4 is 36.1 Å². The van der Waals surface area contributed by atoms with Gasteiger partial charge in [0.25, 0.3) is 0 Å². The molecular weight excluding hydrogens is 466 g/mol. The number of unbranched alkanes of at least 4 members (excludes halogenated alkanes) is 1. The number of amidine groups is 1. The van der Waals surface area contributed by atoms with Crippen molar-refractivity contribution in [3.05, 3.63) is 81.5 Å². The summed E-state index contributed by atoms with van der Waals surface area (Å²) in [7, 11) is 1.30. The van der Waals surface area contributed by atoms with E-state index in [1.807, 2.05) is 12.1 Å². The van der Waals surface area contributed by atoms with E-state index in [1.165, 1.54) is 31.6 Å². The van der Waals surface area contributed by atoms with Gasteiger partial charge in [-0.1, -0.05) is 43.5 Å². The average Bonchev–Trinajstić information content (AvgIpc) is 2.89. The van der Waals surface area contributed by atoms with Gasteiger partial charge in [-0.05, 0) is 55.3 Å². The summed E-state index contributed by atoms with van der Waals surface area (Å²) in [6.07, 6.45) is 4.81. The van der Waals surface area contributed by atoms with Gasteiger partial charge in [0.1, 0.15) is 12.1 Å². The zero-order valence-electron chi connectivity index (χ0n) is 20.3. The van der Waals surface area contributed by atoms with E-state index in [0.29, 0.717) is 40.6 Å². The minimum absolute atomic E-state index is 0.388. The number of amides is 1. The monoisotopic (exact) mass is 497 g/mol. The minimum atomic E-state index is -0.432. The Morgan fingerprint density at radius 3 is 2.57 bits per heavy atom. The predicted octanol–water partition coefficient (Wildman–Crippen LogP) is 4.80. The first-order valence-corrected chi connectivity index (χ1v) is 11.9. The van der Waals surface area contributed by atoms with Gasteiger partial charge in [-0.15, -0.1) is 0 Å². The molecule has 0 radical (unpaired) electrons. The molecule has 1 aliphatic heterocycles. The zero-order valence-corrected chi connectivity index (χ0v) is 21.1. The summed E-state index contributed by atoms with van der Waals surface area (Å²) in [5, 5.41) is 6.84. The number of halogens is 1. The Hall–Kier alpha value is -3.29. The van der Waals surface area contributed by atoms with Gasteiger partial charge < -0.3 is 15.4 Å². The number of hydrogen-bond donors (Lipinski definition) is 2. The van der Waals surface area contributed by atoms with Crippen LogP contribution >= 0.6 is 11.6 Å². The maximum atomic E-state index is 11.0. The molecule has 1 atom stereocenters. The molecule has 2 aromatic carbocycles. The fraction of sp³-hybridized carbons (Fsp3) is 0.333. The number of aldehydes is 1. The van der Waals surface area contributed by atoms with Gasteiger partial charge in [-0.25, -0.2) is 9.79 Å². The van der Waals surface area contributed by atoms with E-state index in [1.54, 1.807) is 30.3 Å². The quantitative estimate of drug-likeness (QED) is 0.236. The third kappa shape index (κ3) is 8.77. The number of esters is 1. The molecule has 1 unspecified atom stereocenters. The van der Waals surface area contributed by atoms with Gasteiger partial charge in [-0.2, -0.15) is 0 Å². The van der Waals surface area contributed by atoms with Crippen molar-refractivity contribution in [1.82, 2.24) is 10.6 Å². The molecule has 0 aliphatic carbocycles. The van der Waals surface area contributed by atoms with Crippen LogP contribution in [0, 0.1) is 5.92 Å². The van der Waals surface area contributed by atoms with Gasteiger partial charge in [0.2, 0.25) is 6.41 Å². The first-order valence-electron chi connectivity index (χ1n) is 11.5. The fourth-order valence-electron chi connectivity index (χ4n) is 3.67. The standard InChI is InChI=1S/C18H24ClN3O.C9H8O3/c1-3-4-5-15-11-20-10-13(2)17(15)22-18(21-12-23)14-6-8-16(19)9-7-14;1-12-9(11)8-4-2-3-7(5-8)6-10/h6-9,12,15,20H,3-5,10-11H2,1-2H3,(H,21,22,23);2-6H,1H3. The second kappa shape index (κ2) is 14.9. The van der Waals surface area contributed by atoms with E-state index in [-0.39, 0.29) is 0 Å². The van der Waals surface area contributed by atoms with Crippen molar-refractivity contribution in [2.75, 3.05) is 20.2 Å². The maximum absolute atomic E-state index is 11.0. The topological polar surface area (TPSA) is 96.9 Å². The van der Waals surface area contributed by atoms with Crippen LogP contribution in [0.2, 0.25) is 5.02 Å². The largest absolute Gasteiger partial charge is 0.465 e. The number of ether oxygens (including phenoxy) is 1. The summed E-state index contributed by atoms with van der Waals surface area (Å²) in [6.45, 7) is 6.08. The summed E-state index contributed by atoms with van der Waals surface area (Å²) in [5.74, 6) is 0.535. The number of nitrogens with zero attached hydrogens (tertiary/aromatic N) is 1. The highest BCUT2D eigenvalue weighted by Gasteiger charge is 2.21. The van der Waals surface area contributed by atoms with Crippen molar-refractivity contribution in [3.8, 4) is 0 Å². The maximum Gasteiger partial charge on any atom is 0.337 e. The van der Waals surface area contributed by atoms with E-state index in [2.05, 4.69) is 29.2 Å². The molecule has 1 amide bonds. The molecule has 1 aliphatic rings. The van der Waals surface area contributed by atoms with Gasteiger partial charge >= 0.3 is 5.97 Å². The van der Waals surface area contributed by atoms with Crippen LogP contribution in [0.5, 0.6) is 0 Å². The molecule has 0 aromatic heterocycles. The molecule has 0 fully saturated rings. The Morgan fingerprint density at radius 2 is 1.94 bits per heavy atom. The minimum Gasteiger partial charge on any atom is -0.465 e. The third-order valence-corrected chi connectivity index (χ3v) is 5.75. The summed E-state index contributed by atoms with van der Waals surface area (Å²) in [4.78, 5) is 37.1. The first kappa shape index (κ1) is 28.0. The normalized spacial score (nSPS) is 15.5. The average molecular weight is 498 g/mol. The Labute approximate surface area is 211 Å². The number of nitrogens with one attached hydrogen (secondary N) is 2. The van der Waals surface area contributed by atoms with Crippen LogP contribution in [0.1, 0.15) is 59.4 Å². The van der Waals surface area contributed by atoms with Gasteiger partial charge in [-0.3, -0.25) is 9.59 Å². The lowest BCUT2D eigenvalue weighted by molar-refractivity contribution is -0.108. The van der Waals surface area contributed by atoms with Gasteiger partial charge in [0, 0.05) is 40.9 Å². The summed E-state index contributed by atoms with van der Waals surface area (Å²) >= 11 is 5.94. The lowest BCUT2D eigenvalue weighted by Gasteiger charge is -2.26. The number of methoxy groups -OCH3 is 1. The van der Waals surface area contributed by atoms with Crippen LogP contribution in [0.4, 0.5) is 0 Å². The molecule has 7 nitrogen and oxygen atoms in total. The van der Waals surface area contributed by atoms with Crippen LogP contribution in [0.15, 0.2) is 64.8 Å². The summed E-state index contributed by atoms with van der Waals surface area (Å²) < 4.78 is 4.48. The van der Waals surface area contributed by atoms with Gasteiger partial charge in [0.05, 0.1) is 12.7 Å². The molecule has 186 valence electrons. The smallest absolute Gasteiger partial charge is 0.337 e. The van der Waals surface area contributed by atoms with Crippen LogP contribution in [0.25, 0.3) is 0 Å². The lowest BCUT2D eigenvalue weighted by Crippen LogP contribution is -2.33. The van der Waals surface area contributed by atoms with Crippen molar-refractivity contribution in [2.24, 2.45) is 10.9 Å². The number of hydrogen-bond acceptors (Lipinski definition) is 6. The highest BCUT2D eigenvalue weighted by Crippen LogP contribution is 2.26. The molecule has 0 saturated carbocycles. The molecule has 0 saturated heterocycles. The number of carbonyl (C=O) groups excluding carboxylic acids is 3. The Bertz CT molecular complexity index is 1060. The van der Waals surface area contributed by atoms with Crippen molar-refractivity contribution < 1.29 is 19.1 Å². The highest BCUT2D eigenvalue weighted by atomic mass is 35.5. The third-order valence-electron chi connectivity index (χ3n) is 5.50. The molecular formula is C27H32ClN3O4. The first-order chi connectivity index (χ1) is 16.9. The molecule has 2 N–H and O–H groups in total. The number of rotatable bonds is 8. The van der Waals surface area contributed by atoms with Gasteiger partial charge in [0.15, 0.2) is 0 Å². The number of carbonyl (C=O) groups is 3. The Morgan fingerprint density at radius 1 is 1.20 bits per heavy atom. The SMILES string of the molecule is CCCCC1CNCC(C)=C1N=C(NC=O)c1ccc(Cl)cc1.COC(=O)c1cccc(C=O)c1. The zero-order chi connectivity index (χ0) is 25.6. The molecule has 0 spiro atoms. The van der Waals surface area contributed by atoms with Crippen LogP contribution < -0.4 is 10.6 Å². The summed E-state index contributed by atoms with van der Waals surface area (Å²) in [5.41, 5.74) is 4.04. The van der Waals surface area contributed by atoms with E-state index in [9.17, 15) is 14.4 Å². The lowest BCUT2D eigenvalue weighted by atomic mass is 9.92. The molecule has 2 aromatic rings. The van der Waals surface area contributed by atoms with Crippen LogP contribution in [-0.4, -0.2) is 44.7 Å². The molecule has 1 heterocycles. The van der Waals surface area contributed by atoms with Crippen molar-refractivity contribution in [1.29, 1.82) is 0 Å². The molecule has 8 heteroatoms. The van der Waals surface area contributed by atoms with Crippen LogP contribution in [0.3, 0.4) is 0 Å². The Kier molecular flexibility index (Phi) is 11.9.